The molecule has 94 valence electrons. The van der Waals surface area contributed by atoms with Gasteiger partial charge in [0.1, 0.15) is 5.82 Å². The summed E-state index contributed by atoms with van der Waals surface area (Å²) in [6.07, 6.45) is 3.09. The van der Waals surface area contributed by atoms with E-state index in [2.05, 4.69) is 15.4 Å². The zero-order chi connectivity index (χ0) is 13.1. The molecule has 2 heterocycles. The largest absolute Gasteiger partial charge is 0.478 e. The Bertz CT molecular complexity index is 582. The Kier molecular flexibility index (Phi) is 3.47. The molecule has 2 rings (SSSR count). The van der Waals surface area contributed by atoms with Crippen LogP contribution in [0.2, 0.25) is 5.02 Å². The SMILES string of the molecule is Cn1ccc(CNc2ncc(C(=O)O)cc2Cl)n1. The summed E-state index contributed by atoms with van der Waals surface area (Å²) < 4.78 is 1.69. The summed E-state index contributed by atoms with van der Waals surface area (Å²) in [4.78, 5) is 14.7. The van der Waals surface area contributed by atoms with Gasteiger partial charge in [-0.15, -0.1) is 0 Å². The number of rotatable bonds is 4. The molecule has 2 N–H and O–H groups in total. The molecule has 0 aliphatic heterocycles. The number of hydrogen-bond donors (Lipinski definition) is 2. The van der Waals surface area contributed by atoms with Crippen LogP contribution < -0.4 is 5.32 Å². The number of aromatic carboxylic acids is 1. The van der Waals surface area contributed by atoms with E-state index in [1.54, 1.807) is 4.68 Å². The maximum absolute atomic E-state index is 10.7. The number of halogens is 1. The molecule has 2 aromatic rings. The quantitative estimate of drug-likeness (QED) is 0.882. The van der Waals surface area contributed by atoms with Crippen LogP contribution in [-0.2, 0) is 13.6 Å². The Morgan fingerprint density at radius 3 is 2.94 bits per heavy atom. The minimum absolute atomic E-state index is 0.0587. The zero-order valence-corrected chi connectivity index (χ0v) is 10.3. The molecule has 0 unspecified atom stereocenters. The standard InChI is InChI=1S/C11H11ClN4O2/c1-16-3-2-8(15-16)6-14-10-9(12)4-7(5-13-10)11(17)18/h2-5H,6H2,1H3,(H,13,14)(H,17,18). The van der Waals surface area contributed by atoms with Gasteiger partial charge in [0.05, 0.1) is 22.8 Å². The van der Waals surface area contributed by atoms with Crippen LogP contribution >= 0.6 is 11.6 Å². The number of nitrogens with one attached hydrogen (secondary N) is 1. The summed E-state index contributed by atoms with van der Waals surface area (Å²) in [5, 5.41) is 16.2. The van der Waals surface area contributed by atoms with Gasteiger partial charge < -0.3 is 10.4 Å². The highest BCUT2D eigenvalue weighted by atomic mass is 35.5. The van der Waals surface area contributed by atoms with Crippen LogP contribution in [0.1, 0.15) is 16.1 Å². The number of aryl methyl sites for hydroxylation is 1. The molecular formula is C11H11ClN4O2. The van der Waals surface area contributed by atoms with Gasteiger partial charge in [0, 0.05) is 19.4 Å². The van der Waals surface area contributed by atoms with Crippen LogP contribution in [0.25, 0.3) is 0 Å². The van der Waals surface area contributed by atoms with E-state index < -0.39 is 5.97 Å². The Hall–Kier alpha value is -2.08. The second kappa shape index (κ2) is 5.05. The third-order valence-corrected chi connectivity index (χ3v) is 2.58. The van der Waals surface area contributed by atoms with E-state index in [-0.39, 0.29) is 10.6 Å². The molecule has 0 fully saturated rings. The first-order chi connectivity index (χ1) is 8.56. The summed E-state index contributed by atoms with van der Waals surface area (Å²) in [5.41, 5.74) is 0.904. The van der Waals surface area contributed by atoms with Gasteiger partial charge in [-0.3, -0.25) is 4.68 Å². The van der Waals surface area contributed by atoms with Crippen molar-refractivity contribution in [2.45, 2.75) is 6.54 Å². The van der Waals surface area contributed by atoms with Gasteiger partial charge in [0.2, 0.25) is 0 Å². The van der Waals surface area contributed by atoms with Crippen molar-refractivity contribution in [2.24, 2.45) is 7.05 Å². The lowest BCUT2D eigenvalue weighted by Gasteiger charge is -2.06. The summed E-state index contributed by atoms with van der Waals surface area (Å²) in [6.45, 7) is 0.472. The highest BCUT2D eigenvalue weighted by Gasteiger charge is 2.08. The summed E-state index contributed by atoms with van der Waals surface area (Å²) in [5.74, 6) is -0.618. The van der Waals surface area contributed by atoms with E-state index in [1.807, 2.05) is 19.3 Å². The molecule has 0 aliphatic rings. The van der Waals surface area contributed by atoms with E-state index in [0.717, 1.165) is 5.69 Å². The highest BCUT2D eigenvalue weighted by molar-refractivity contribution is 6.33. The molecule has 0 amide bonds. The smallest absolute Gasteiger partial charge is 0.337 e. The molecular weight excluding hydrogens is 256 g/mol. The van der Waals surface area contributed by atoms with Gasteiger partial charge >= 0.3 is 5.97 Å². The normalized spacial score (nSPS) is 10.3. The number of nitrogens with zero attached hydrogens (tertiary/aromatic N) is 3. The van der Waals surface area contributed by atoms with Gasteiger partial charge in [-0.25, -0.2) is 9.78 Å². The summed E-state index contributed by atoms with van der Waals surface area (Å²) in [7, 11) is 1.83. The molecule has 2 aromatic heterocycles. The average Bonchev–Trinajstić information content (AvgIpc) is 2.73. The molecule has 0 saturated carbocycles. The molecule has 7 heteroatoms. The van der Waals surface area contributed by atoms with Crippen LogP contribution in [0.5, 0.6) is 0 Å². The van der Waals surface area contributed by atoms with E-state index in [0.29, 0.717) is 12.4 Å². The Labute approximate surface area is 108 Å². The van der Waals surface area contributed by atoms with Gasteiger partial charge in [-0.05, 0) is 12.1 Å². The van der Waals surface area contributed by atoms with Crippen LogP contribution in [0.15, 0.2) is 24.5 Å². The number of aromatic nitrogens is 3. The third kappa shape index (κ3) is 2.78. The molecule has 18 heavy (non-hydrogen) atoms. The van der Waals surface area contributed by atoms with E-state index in [4.69, 9.17) is 16.7 Å². The second-order valence-electron chi connectivity index (χ2n) is 3.69. The monoisotopic (exact) mass is 266 g/mol. The predicted octanol–water partition coefficient (Wildman–Crippen LogP) is 1.78. The molecule has 0 spiro atoms. The molecule has 0 radical (unpaired) electrons. The minimum Gasteiger partial charge on any atom is -0.478 e. The van der Waals surface area contributed by atoms with Crippen molar-refractivity contribution in [1.29, 1.82) is 0 Å². The van der Waals surface area contributed by atoms with E-state index >= 15 is 0 Å². The first-order valence-corrected chi connectivity index (χ1v) is 5.55. The highest BCUT2D eigenvalue weighted by Crippen LogP contribution is 2.20. The van der Waals surface area contributed by atoms with Crippen molar-refractivity contribution in [3.8, 4) is 0 Å². The van der Waals surface area contributed by atoms with Gasteiger partial charge in [0.15, 0.2) is 0 Å². The lowest BCUT2D eigenvalue weighted by molar-refractivity contribution is 0.0696. The zero-order valence-electron chi connectivity index (χ0n) is 9.59. The summed E-state index contributed by atoms with van der Waals surface area (Å²) >= 11 is 5.93. The Morgan fingerprint density at radius 1 is 1.61 bits per heavy atom. The van der Waals surface area contributed by atoms with Crippen molar-refractivity contribution in [3.63, 3.8) is 0 Å². The molecule has 0 aromatic carbocycles. The first-order valence-electron chi connectivity index (χ1n) is 5.17. The molecule has 0 aliphatic carbocycles. The Balaban J connectivity index is 2.08. The average molecular weight is 267 g/mol. The van der Waals surface area contributed by atoms with Crippen molar-refractivity contribution in [2.75, 3.05) is 5.32 Å². The van der Waals surface area contributed by atoms with Crippen molar-refractivity contribution >= 4 is 23.4 Å². The van der Waals surface area contributed by atoms with E-state index in [1.165, 1.54) is 12.3 Å². The number of carboxylic acid groups (broad SMARTS) is 1. The van der Waals surface area contributed by atoms with Crippen molar-refractivity contribution in [3.05, 3.63) is 40.8 Å². The lowest BCUT2D eigenvalue weighted by atomic mass is 10.3. The van der Waals surface area contributed by atoms with Gasteiger partial charge in [0.25, 0.3) is 0 Å². The number of carboxylic acids is 1. The maximum Gasteiger partial charge on any atom is 0.337 e. The molecule has 0 bridgehead atoms. The van der Waals surface area contributed by atoms with Crippen LogP contribution in [0, 0.1) is 0 Å². The fourth-order valence-corrected chi connectivity index (χ4v) is 1.65. The second-order valence-corrected chi connectivity index (χ2v) is 4.10. The fourth-order valence-electron chi connectivity index (χ4n) is 1.42. The third-order valence-electron chi connectivity index (χ3n) is 2.29. The fraction of sp³-hybridized carbons (Fsp3) is 0.182. The number of pyridine rings is 1. The number of carbonyl (C=O) groups is 1. The van der Waals surface area contributed by atoms with Crippen LogP contribution in [-0.4, -0.2) is 25.8 Å². The van der Waals surface area contributed by atoms with Crippen molar-refractivity contribution < 1.29 is 9.90 Å². The topological polar surface area (TPSA) is 80.0 Å². The molecule has 0 atom stereocenters. The summed E-state index contributed by atoms with van der Waals surface area (Å²) in [6, 6.07) is 3.23. The number of hydrogen-bond acceptors (Lipinski definition) is 4. The van der Waals surface area contributed by atoms with Crippen LogP contribution in [0.3, 0.4) is 0 Å². The van der Waals surface area contributed by atoms with Gasteiger partial charge in [-0.2, -0.15) is 5.10 Å². The first kappa shape index (κ1) is 12.4. The number of anilines is 1. The van der Waals surface area contributed by atoms with E-state index in [9.17, 15) is 4.79 Å². The van der Waals surface area contributed by atoms with Gasteiger partial charge in [-0.1, -0.05) is 11.6 Å². The van der Waals surface area contributed by atoms with Crippen molar-refractivity contribution in [1.82, 2.24) is 14.8 Å². The lowest BCUT2D eigenvalue weighted by Crippen LogP contribution is -2.05. The molecule has 0 saturated heterocycles. The molecule has 6 nitrogen and oxygen atoms in total. The maximum atomic E-state index is 10.7. The predicted molar refractivity (Wildman–Crippen MR) is 66.7 cm³/mol. The Morgan fingerprint density at radius 2 is 2.39 bits per heavy atom. The minimum atomic E-state index is -1.05. The van der Waals surface area contributed by atoms with Crippen LogP contribution in [0.4, 0.5) is 5.82 Å².